The first-order valence-electron chi connectivity index (χ1n) is 7.55. The summed E-state index contributed by atoms with van der Waals surface area (Å²) in [5, 5.41) is 4.55. The summed E-state index contributed by atoms with van der Waals surface area (Å²) in [6.45, 7) is 9.81. The second-order valence-corrected chi connectivity index (χ2v) is 6.35. The highest BCUT2D eigenvalue weighted by molar-refractivity contribution is 5.14. The molecule has 3 unspecified atom stereocenters. The van der Waals surface area contributed by atoms with E-state index in [1.165, 1.54) is 25.0 Å². The SMILES string of the molecule is CCn1nc(C)cc1C(NN)C1CC(C)CC(C)C1. The van der Waals surface area contributed by atoms with Crippen LogP contribution in [0, 0.1) is 24.7 Å². The number of aromatic nitrogens is 2. The van der Waals surface area contributed by atoms with Crippen molar-refractivity contribution in [3.05, 3.63) is 17.5 Å². The van der Waals surface area contributed by atoms with Gasteiger partial charge in [-0.3, -0.25) is 16.0 Å². The minimum Gasteiger partial charge on any atom is -0.271 e. The largest absolute Gasteiger partial charge is 0.271 e. The lowest BCUT2D eigenvalue weighted by atomic mass is 9.73. The maximum Gasteiger partial charge on any atom is 0.0657 e. The predicted molar refractivity (Wildman–Crippen MR) is 78.4 cm³/mol. The van der Waals surface area contributed by atoms with Gasteiger partial charge in [-0.05, 0) is 56.9 Å². The average Bonchev–Trinajstić information content (AvgIpc) is 2.70. The summed E-state index contributed by atoms with van der Waals surface area (Å²) < 4.78 is 2.09. The van der Waals surface area contributed by atoms with Crippen LogP contribution < -0.4 is 11.3 Å². The molecule has 0 amide bonds. The number of rotatable bonds is 4. The summed E-state index contributed by atoms with van der Waals surface area (Å²) in [5.41, 5.74) is 5.38. The van der Waals surface area contributed by atoms with Gasteiger partial charge in [-0.1, -0.05) is 13.8 Å². The molecule has 1 fully saturated rings. The van der Waals surface area contributed by atoms with Crippen molar-refractivity contribution in [3.63, 3.8) is 0 Å². The van der Waals surface area contributed by atoms with Gasteiger partial charge >= 0.3 is 0 Å². The van der Waals surface area contributed by atoms with Crippen molar-refractivity contribution in [2.75, 3.05) is 0 Å². The highest BCUT2D eigenvalue weighted by atomic mass is 15.3. The molecule has 1 aliphatic rings. The molecular formula is C15H28N4. The quantitative estimate of drug-likeness (QED) is 0.649. The van der Waals surface area contributed by atoms with Crippen LogP contribution in [0.4, 0.5) is 0 Å². The first kappa shape index (κ1) is 14.5. The summed E-state index contributed by atoms with van der Waals surface area (Å²) in [7, 11) is 0. The van der Waals surface area contributed by atoms with Gasteiger partial charge in [0.15, 0.2) is 0 Å². The fourth-order valence-electron chi connectivity index (χ4n) is 3.81. The van der Waals surface area contributed by atoms with Gasteiger partial charge in [0.1, 0.15) is 0 Å². The lowest BCUT2D eigenvalue weighted by Gasteiger charge is -2.36. The monoisotopic (exact) mass is 264 g/mol. The predicted octanol–water partition coefficient (Wildman–Crippen LogP) is 2.79. The Labute approximate surface area is 116 Å². The minimum atomic E-state index is 0.228. The molecule has 0 aromatic carbocycles. The molecule has 4 nitrogen and oxygen atoms in total. The van der Waals surface area contributed by atoms with Gasteiger partial charge in [0.2, 0.25) is 0 Å². The molecule has 2 rings (SSSR count). The third-order valence-electron chi connectivity index (χ3n) is 4.42. The van der Waals surface area contributed by atoms with Crippen LogP contribution in [0.2, 0.25) is 0 Å². The van der Waals surface area contributed by atoms with Gasteiger partial charge in [0.05, 0.1) is 17.4 Å². The molecule has 3 N–H and O–H groups in total. The molecule has 108 valence electrons. The van der Waals surface area contributed by atoms with Crippen molar-refractivity contribution in [2.45, 2.75) is 59.5 Å². The molecule has 1 aromatic rings. The van der Waals surface area contributed by atoms with E-state index in [0.29, 0.717) is 5.92 Å². The fourth-order valence-corrected chi connectivity index (χ4v) is 3.81. The van der Waals surface area contributed by atoms with Crippen LogP contribution in [0.1, 0.15) is 57.5 Å². The van der Waals surface area contributed by atoms with E-state index in [2.05, 4.69) is 49.0 Å². The van der Waals surface area contributed by atoms with Gasteiger partial charge in [-0.2, -0.15) is 5.10 Å². The van der Waals surface area contributed by atoms with Gasteiger partial charge in [-0.15, -0.1) is 0 Å². The van der Waals surface area contributed by atoms with Crippen molar-refractivity contribution in [1.82, 2.24) is 15.2 Å². The number of hydrazine groups is 1. The molecule has 0 spiro atoms. The summed E-state index contributed by atoms with van der Waals surface area (Å²) >= 11 is 0. The molecule has 0 radical (unpaired) electrons. The van der Waals surface area contributed by atoms with E-state index in [-0.39, 0.29) is 6.04 Å². The Morgan fingerprint density at radius 3 is 2.53 bits per heavy atom. The normalized spacial score (nSPS) is 29.4. The van der Waals surface area contributed by atoms with E-state index in [4.69, 9.17) is 5.84 Å². The molecular weight excluding hydrogens is 236 g/mol. The lowest BCUT2D eigenvalue weighted by molar-refractivity contribution is 0.172. The van der Waals surface area contributed by atoms with E-state index in [9.17, 15) is 0 Å². The number of aryl methyl sites for hydroxylation is 2. The molecule has 0 bridgehead atoms. The number of hydrogen-bond acceptors (Lipinski definition) is 3. The van der Waals surface area contributed by atoms with E-state index in [0.717, 1.165) is 24.1 Å². The van der Waals surface area contributed by atoms with E-state index in [1.54, 1.807) is 0 Å². The molecule has 1 saturated carbocycles. The molecule has 1 aliphatic carbocycles. The van der Waals surface area contributed by atoms with Crippen LogP contribution in [0.3, 0.4) is 0 Å². The highest BCUT2D eigenvalue weighted by Crippen LogP contribution is 2.39. The Hall–Kier alpha value is -0.870. The summed E-state index contributed by atoms with van der Waals surface area (Å²) in [6, 6.07) is 2.41. The Morgan fingerprint density at radius 2 is 2.00 bits per heavy atom. The van der Waals surface area contributed by atoms with Crippen LogP contribution in [-0.4, -0.2) is 9.78 Å². The van der Waals surface area contributed by atoms with Crippen molar-refractivity contribution < 1.29 is 0 Å². The number of nitrogens with zero attached hydrogens (tertiary/aromatic N) is 2. The fraction of sp³-hybridized carbons (Fsp3) is 0.800. The van der Waals surface area contributed by atoms with Gasteiger partial charge < -0.3 is 0 Å². The molecule has 3 atom stereocenters. The molecule has 0 saturated heterocycles. The van der Waals surface area contributed by atoms with Crippen LogP contribution in [-0.2, 0) is 6.54 Å². The zero-order chi connectivity index (χ0) is 14.0. The first-order chi connectivity index (χ1) is 9.05. The summed E-state index contributed by atoms with van der Waals surface area (Å²) in [5.74, 6) is 8.07. The van der Waals surface area contributed by atoms with Crippen molar-refractivity contribution in [2.24, 2.45) is 23.6 Å². The maximum absolute atomic E-state index is 5.87. The standard InChI is InChI=1S/C15H28N4/c1-5-19-14(9-12(4)18-19)15(17-16)13-7-10(2)6-11(3)8-13/h9-11,13,15,17H,5-8,16H2,1-4H3. The second kappa shape index (κ2) is 6.06. The lowest BCUT2D eigenvalue weighted by Crippen LogP contribution is -2.38. The number of hydrogen-bond donors (Lipinski definition) is 2. The number of nitrogens with two attached hydrogens (primary N) is 1. The van der Waals surface area contributed by atoms with Crippen LogP contribution in [0.5, 0.6) is 0 Å². The Balaban J connectivity index is 2.23. The Morgan fingerprint density at radius 1 is 1.37 bits per heavy atom. The van der Waals surface area contributed by atoms with E-state index < -0.39 is 0 Å². The second-order valence-electron chi connectivity index (χ2n) is 6.35. The number of nitrogens with one attached hydrogen (secondary N) is 1. The molecule has 4 heteroatoms. The molecule has 0 aliphatic heterocycles. The van der Waals surface area contributed by atoms with Crippen molar-refractivity contribution in [1.29, 1.82) is 0 Å². The van der Waals surface area contributed by atoms with E-state index >= 15 is 0 Å². The van der Waals surface area contributed by atoms with E-state index in [1.807, 2.05) is 0 Å². The molecule has 1 heterocycles. The van der Waals surface area contributed by atoms with Crippen molar-refractivity contribution >= 4 is 0 Å². The molecule has 19 heavy (non-hydrogen) atoms. The highest BCUT2D eigenvalue weighted by Gasteiger charge is 2.32. The van der Waals surface area contributed by atoms with Crippen molar-refractivity contribution in [3.8, 4) is 0 Å². The van der Waals surface area contributed by atoms with Crippen LogP contribution >= 0.6 is 0 Å². The third-order valence-corrected chi connectivity index (χ3v) is 4.42. The van der Waals surface area contributed by atoms with Crippen LogP contribution in [0.25, 0.3) is 0 Å². The van der Waals surface area contributed by atoms with Gasteiger partial charge in [0.25, 0.3) is 0 Å². The topological polar surface area (TPSA) is 55.9 Å². The smallest absolute Gasteiger partial charge is 0.0657 e. The van der Waals surface area contributed by atoms with Gasteiger partial charge in [0, 0.05) is 6.54 Å². The average molecular weight is 264 g/mol. The first-order valence-corrected chi connectivity index (χ1v) is 7.55. The summed E-state index contributed by atoms with van der Waals surface area (Å²) in [6.07, 6.45) is 3.86. The zero-order valence-corrected chi connectivity index (χ0v) is 12.7. The third kappa shape index (κ3) is 3.18. The zero-order valence-electron chi connectivity index (χ0n) is 12.7. The maximum atomic E-state index is 5.87. The Bertz CT molecular complexity index is 402. The Kier molecular flexibility index (Phi) is 4.63. The molecule has 1 aromatic heterocycles. The minimum absolute atomic E-state index is 0.228. The van der Waals surface area contributed by atoms with Gasteiger partial charge in [-0.25, -0.2) is 0 Å². The summed E-state index contributed by atoms with van der Waals surface area (Å²) in [4.78, 5) is 0. The van der Waals surface area contributed by atoms with Crippen LogP contribution in [0.15, 0.2) is 6.07 Å².